The number of piperidine rings is 1. The molecule has 12 nitrogen and oxygen atoms in total. The summed E-state index contributed by atoms with van der Waals surface area (Å²) in [5, 5.41) is 15.9. The van der Waals surface area contributed by atoms with Gasteiger partial charge in [0.1, 0.15) is 0 Å². The molecule has 2 aliphatic rings. The fourth-order valence-corrected chi connectivity index (χ4v) is 5.61. The Morgan fingerprint density at radius 2 is 1.78 bits per heavy atom. The molecule has 3 heterocycles. The summed E-state index contributed by atoms with van der Waals surface area (Å²) in [5.41, 5.74) is 0.176. The lowest BCUT2D eigenvalue weighted by Crippen LogP contribution is -2.45. The van der Waals surface area contributed by atoms with Gasteiger partial charge in [-0.15, -0.1) is 0 Å². The number of hydrogen-bond acceptors (Lipinski definition) is 7. The molecule has 0 radical (unpaired) electrons. The van der Waals surface area contributed by atoms with E-state index in [9.17, 15) is 31.9 Å². The van der Waals surface area contributed by atoms with E-state index < -0.39 is 29.9 Å². The Hall–Kier alpha value is -4.00. The first-order chi connectivity index (χ1) is 22.4. The van der Waals surface area contributed by atoms with Crippen LogP contribution in [0, 0.1) is 17.6 Å². The molecule has 0 aliphatic carbocycles. The van der Waals surface area contributed by atoms with E-state index in [0.717, 1.165) is 37.8 Å². The molecule has 1 aromatic heterocycles. The van der Waals surface area contributed by atoms with E-state index in [1.807, 2.05) is 0 Å². The van der Waals surface area contributed by atoms with E-state index in [1.54, 1.807) is 4.90 Å². The second-order valence-corrected chi connectivity index (χ2v) is 11.1. The summed E-state index contributed by atoms with van der Waals surface area (Å²) >= 11 is 6.42. The van der Waals surface area contributed by atoms with Gasteiger partial charge in [0, 0.05) is 49.9 Å². The first-order valence-electron chi connectivity index (χ1n) is 14.4. The Bertz CT molecular complexity index is 1640. The SMILES string of the molecule is Cn1c(-c2ccc(OC(F)F)c(F)c2F)cnc1C(=O)Nc1ccc(C(=O)N2CCC(C(=O)N[C@@H]3CCNC3)CC2)c(Cl)c1.O=CO.S.S. The number of amides is 3. The maximum absolute atomic E-state index is 14.6. The fourth-order valence-electron chi connectivity index (χ4n) is 5.35. The van der Waals surface area contributed by atoms with Crippen molar-refractivity contribution in [3.05, 3.63) is 64.6 Å². The third-order valence-electron chi connectivity index (χ3n) is 7.75. The standard InChI is InChI=1S/C29H29ClF4N6O4.CH2O2.2H2S/c1-39-21(19-4-5-22(44-29(33)34)24(32)23(19)31)14-36-25(39)27(42)37-16-2-3-18(20(30)12-16)28(43)40-10-7-15(8-11-40)26(41)38-17-6-9-35-13-17;2-1-3;;/h2-5,12,14-15,17,29,35H,6-11,13H2,1H3,(H,37,42)(H,38,41);1H,(H,2,3);2*1H2/t17-;;;/m1.../s1. The topological polar surface area (TPSA) is 155 Å². The van der Waals surface area contributed by atoms with Crippen molar-refractivity contribution < 1.29 is 46.6 Å². The number of likely N-dealkylation sites (tertiary alicyclic amines) is 1. The molecule has 0 bridgehead atoms. The summed E-state index contributed by atoms with van der Waals surface area (Å²) in [6.07, 6.45) is 3.12. The van der Waals surface area contributed by atoms with Crippen molar-refractivity contribution >= 4 is 68.5 Å². The molecule has 5 rings (SSSR count). The molecule has 1 atom stereocenters. The van der Waals surface area contributed by atoms with Crippen LogP contribution in [0.3, 0.4) is 0 Å². The number of alkyl halides is 2. The Morgan fingerprint density at radius 1 is 1.10 bits per heavy atom. The van der Waals surface area contributed by atoms with Crippen molar-refractivity contribution in [1.82, 2.24) is 25.1 Å². The highest BCUT2D eigenvalue weighted by Gasteiger charge is 2.30. The smallest absolute Gasteiger partial charge is 0.387 e. The van der Waals surface area contributed by atoms with Gasteiger partial charge in [0.2, 0.25) is 11.7 Å². The van der Waals surface area contributed by atoms with Crippen molar-refractivity contribution in [3.8, 4) is 17.0 Å². The number of carbonyl (C=O) groups is 4. The number of carboxylic acid groups (broad SMARTS) is 1. The molecule has 4 N–H and O–H groups in total. The van der Waals surface area contributed by atoms with E-state index in [1.165, 1.54) is 29.8 Å². The van der Waals surface area contributed by atoms with Gasteiger partial charge in [0.25, 0.3) is 18.3 Å². The molecule has 0 saturated carbocycles. The first-order valence-corrected chi connectivity index (χ1v) is 14.8. The van der Waals surface area contributed by atoms with Crippen molar-refractivity contribution in [2.45, 2.75) is 31.9 Å². The zero-order chi connectivity index (χ0) is 34.2. The summed E-state index contributed by atoms with van der Waals surface area (Å²) in [7, 11) is 1.39. The Labute approximate surface area is 297 Å². The summed E-state index contributed by atoms with van der Waals surface area (Å²) < 4.78 is 59.0. The zero-order valence-corrected chi connectivity index (χ0v) is 28.7. The number of aromatic nitrogens is 2. The van der Waals surface area contributed by atoms with E-state index in [4.69, 9.17) is 21.5 Å². The van der Waals surface area contributed by atoms with Gasteiger partial charge >= 0.3 is 6.61 Å². The van der Waals surface area contributed by atoms with Gasteiger partial charge in [-0.05, 0) is 56.1 Å². The number of ether oxygens (including phenoxy) is 1. The normalized spacial score (nSPS) is 15.7. The number of halogens is 5. The summed E-state index contributed by atoms with van der Waals surface area (Å²) in [6.45, 7) is -1.13. The van der Waals surface area contributed by atoms with Crippen LogP contribution in [0.15, 0.2) is 36.5 Å². The van der Waals surface area contributed by atoms with Crippen LogP contribution in [0.4, 0.5) is 23.2 Å². The largest absolute Gasteiger partial charge is 0.483 e. The van der Waals surface area contributed by atoms with Crippen LogP contribution in [0.25, 0.3) is 11.3 Å². The van der Waals surface area contributed by atoms with Gasteiger partial charge in [0.05, 0.1) is 22.5 Å². The number of hydrogen-bond donors (Lipinski definition) is 4. The van der Waals surface area contributed by atoms with Crippen LogP contribution in [-0.4, -0.2) is 82.6 Å². The van der Waals surface area contributed by atoms with Crippen LogP contribution < -0.4 is 20.7 Å². The minimum atomic E-state index is -3.33. The van der Waals surface area contributed by atoms with Crippen LogP contribution in [0.2, 0.25) is 5.02 Å². The predicted octanol–water partition coefficient (Wildman–Crippen LogP) is 4.13. The molecule has 268 valence electrons. The third-order valence-corrected chi connectivity index (χ3v) is 8.06. The quantitative estimate of drug-likeness (QED) is 0.198. The average molecular weight is 751 g/mol. The number of carbonyl (C=O) groups excluding carboxylic acids is 3. The predicted molar refractivity (Wildman–Crippen MR) is 182 cm³/mol. The lowest BCUT2D eigenvalue weighted by Gasteiger charge is -2.32. The number of benzene rings is 2. The first kappa shape index (κ1) is 41.2. The summed E-state index contributed by atoms with van der Waals surface area (Å²) in [6, 6.07) is 6.41. The van der Waals surface area contributed by atoms with Crippen LogP contribution in [-0.2, 0) is 16.6 Å². The minimum Gasteiger partial charge on any atom is -0.483 e. The molecule has 19 heteroatoms. The van der Waals surface area contributed by atoms with E-state index >= 15 is 0 Å². The third kappa shape index (κ3) is 10.0. The van der Waals surface area contributed by atoms with E-state index in [0.29, 0.717) is 25.9 Å². The highest BCUT2D eigenvalue weighted by atomic mass is 35.5. The molecule has 0 unspecified atom stereocenters. The van der Waals surface area contributed by atoms with Crippen LogP contribution in [0.5, 0.6) is 5.75 Å². The van der Waals surface area contributed by atoms with Crippen molar-refractivity contribution in [2.24, 2.45) is 13.0 Å². The van der Waals surface area contributed by atoms with Crippen molar-refractivity contribution in [3.63, 3.8) is 0 Å². The number of imidazole rings is 1. The van der Waals surface area contributed by atoms with Gasteiger partial charge in [0.15, 0.2) is 17.4 Å². The molecule has 2 aliphatic heterocycles. The second kappa shape index (κ2) is 18.7. The van der Waals surface area contributed by atoms with E-state index in [2.05, 4.69) is 25.7 Å². The molecule has 3 amide bonds. The number of nitrogens with zero attached hydrogens (tertiary/aromatic N) is 3. The van der Waals surface area contributed by atoms with Gasteiger partial charge in [-0.1, -0.05) is 11.6 Å². The monoisotopic (exact) mass is 750 g/mol. The highest BCUT2D eigenvalue weighted by molar-refractivity contribution is 7.59. The Kier molecular flexibility index (Phi) is 15.7. The molecular weight excluding hydrogens is 716 g/mol. The number of anilines is 1. The molecule has 0 spiro atoms. The van der Waals surface area contributed by atoms with Crippen molar-refractivity contribution in [1.29, 1.82) is 0 Å². The summed E-state index contributed by atoms with van der Waals surface area (Å²) in [5.74, 6) is -5.32. The Balaban J connectivity index is 0.00000161. The molecule has 2 saturated heterocycles. The number of nitrogens with one attached hydrogen (secondary N) is 3. The maximum Gasteiger partial charge on any atom is 0.387 e. The second-order valence-electron chi connectivity index (χ2n) is 10.7. The zero-order valence-electron chi connectivity index (χ0n) is 25.9. The molecule has 3 aromatic rings. The minimum absolute atomic E-state index is 0. The molecule has 49 heavy (non-hydrogen) atoms. The molecule has 2 aromatic carbocycles. The fraction of sp³-hybridized carbons (Fsp3) is 0.367. The highest BCUT2D eigenvalue weighted by Crippen LogP contribution is 2.31. The van der Waals surface area contributed by atoms with Gasteiger partial charge in [-0.3, -0.25) is 19.2 Å². The average Bonchev–Trinajstić information content (AvgIpc) is 3.69. The maximum atomic E-state index is 14.6. The molecule has 2 fully saturated rings. The molecular formula is C30H35ClF4N6O6S2. The number of rotatable bonds is 8. The van der Waals surface area contributed by atoms with Crippen LogP contribution in [0.1, 0.15) is 40.2 Å². The van der Waals surface area contributed by atoms with E-state index in [-0.39, 0.29) is 90.6 Å². The van der Waals surface area contributed by atoms with Gasteiger partial charge in [-0.2, -0.15) is 40.2 Å². The lowest BCUT2D eigenvalue weighted by atomic mass is 9.95. The van der Waals surface area contributed by atoms with Crippen molar-refractivity contribution in [2.75, 3.05) is 31.5 Å². The Morgan fingerprint density at radius 3 is 2.37 bits per heavy atom. The van der Waals surface area contributed by atoms with Crippen LogP contribution >= 0.6 is 38.6 Å². The van der Waals surface area contributed by atoms with Gasteiger partial charge in [-0.25, -0.2) is 9.37 Å². The summed E-state index contributed by atoms with van der Waals surface area (Å²) in [4.78, 5) is 52.7. The van der Waals surface area contributed by atoms with Gasteiger partial charge < -0.3 is 35.3 Å². The lowest BCUT2D eigenvalue weighted by molar-refractivity contribution is -0.127.